The van der Waals surface area contributed by atoms with E-state index < -0.39 is 0 Å². The molecule has 4 nitrogen and oxygen atoms in total. The summed E-state index contributed by atoms with van der Waals surface area (Å²) in [5.41, 5.74) is 5.81. The summed E-state index contributed by atoms with van der Waals surface area (Å²) < 4.78 is 0. The second-order valence-corrected chi connectivity index (χ2v) is 5.27. The van der Waals surface area contributed by atoms with Crippen LogP contribution in [0, 0.1) is 0 Å². The van der Waals surface area contributed by atoms with Gasteiger partial charge in [0.15, 0.2) is 0 Å². The summed E-state index contributed by atoms with van der Waals surface area (Å²) in [6.07, 6.45) is 2.76. The molecule has 17 heavy (non-hydrogen) atoms. The minimum absolute atomic E-state index is 0.0290. The van der Waals surface area contributed by atoms with Crippen molar-refractivity contribution < 1.29 is 4.79 Å². The van der Waals surface area contributed by atoms with Crippen molar-refractivity contribution in [1.29, 1.82) is 0 Å². The third-order valence-corrected chi connectivity index (χ3v) is 3.43. The Bertz CT molecular complexity index is 210. The molecule has 0 aromatic carbocycles. The maximum atomic E-state index is 11.8. The molecule has 0 saturated heterocycles. The summed E-state index contributed by atoms with van der Waals surface area (Å²) in [5, 5.41) is 2.97. The molecule has 3 N–H and O–H groups in total. The van der Waals surface area contributed by atoms with Gasteiger partial charge < -0.3 is 16.0 Å². The lowest BCUT2D eigenvalue weighted by molar-refractivity contribution is -0.123. The molecule has 0 radical (unpaired) electrons. The van der Waals surface area contributed by atoms with Crippen molar-refractivity contribution in [2.24, 2.45) is 5.73 Å². The molecule has 2 atom stereocenters. The van der Waals surface area contributed by atoms with Crippen molar-refractivity contribution in [3.63, 3.8) is 0 Å². The van der Waals surface area contributed by atoms with Gasteiger partial charge in [-0.3, -0.25) is 4.79 Å². The number of nitrogens with zero attached hydrogens (tertiary/aromatic N) is 1. The van der Waals surface area contributed by atoms with Crippen LogP contribution in [-0.2, 0) is 4.79 Å². The number of hydrogen-bond donors (Lipinski definition) is 2. The highest BCUT2D eigenvalue weighted by Crippen LogP contribution is 1.99. The van der Waals surface area contributed by atoms with Gasteiger partial charge in [0.2, 0.25) is 5.91 Å². The first-order valence-electron chi connectivity index (χ1n) is 6.32. The summed E-state index contributed by atoms with van der Waals surface area (Å²) in [5.74, 6) is 0.901. The van der Waals surface area contributed by atoms with Crippen molar-refractivity contribution in [1.82, 2.24) is 10.2 Å². The van der Waals surface area contributed by atoms with Crippen LogP contribution < -0.4 is 11.1 Å². The summed E-state index contributed by atoms with van der Waals surface area (Å²) in [6.45, 7) is 9.18. The van der Waals surface area contributed by atoms with E-state index in [0.717, 1.165) is 31.8 Å². The van der Waals surface area contributed by atoms with Gasteiger partial charge >= 0.3 is 0 Å². The largest absolute Gasteiger partial charge is 0.351 e. The lowest BCUT2D eigenvalue weighted by Crippen LogP contribution is -2.48. The van der Waals surface area contributed by atoms with Gasteiger partial charge in [0.25, 0.3) is 0 Å². The van der Waals surface area contributed by atoms with E-state index in [1.54, 1.807) is 11.8 Å². The number of rotatable bonds is 9. The lowest BCUT2D eigenvalue weighted by atomic mass is 10.2. The number of carbonyl (C=O) groups excluding carboxylic acids is 1. The average molecular weight is 261 g/mol. The van der Waals surface area contributed by atoms with Crippen LogP contribution in [-0.4, -0.2) is 54.5 Å². The minimum atomic E-state index is -0.374. The SMILES string of the molecule is CCN(CC)CC(C)NC(=O)[C@H](N)CCSC. The molecule has 0 spiro atoms. The van der Waals surface area contributed by atoms with Crippen LogP contribution in [0.1, 0.15) is 27.2 Å². The van der Waals surface area contributed by atoms with Gasteiger partial charge in [-0.15, -0.1) is 0 Å². The predicted octanol–water partition coefficient (Wildman–Crippen LogP) is 0.913. The molecule has 0 aromatic rings. The minimum Gasteiger partial charge on any atom is -0.351 e. The fraction of sp³-hybridized carbons (Fsp3) is 0.917. The van der Waals surface area contributed by atoms with Gasteiger partial charge in [0, 0.05) is 12.6 Å². The highest BCUT2D eigenvalue weighted by molar-refractivity contribution is 7.98. The molecule has 0 bridgehead atoms. The molecule has 5 heteroatoms. The first kappa shape index (κ1) is 16.7. The van der Waals surface area contributed by atoms with Crippen molar-refractivity contribution >= 4 is 17.7 Å². The maximum absolute atomic E-state index is 11.8. The Labute approximate surface area is 110 Å². The Morgan fingerprint density at radius 2 is 2.00 bits per heavy atom. The van der Waals surface area contributed by atoms with Crippen LogP contribution in [0.15, 0.2) is 0 Å². The predicted molar refractivity (Wildman–Crippen MR) is 76.4 cm³/mol. The zero-order valence-electron chi connectivity index (χ0n) is 11.5. The Hall–Kier alpha value is -0.260. The number of carbonyl (C=O) groups is 1. The van der Waals surface area contributed by atoms with E-state index in [0.29, 0.717) is 0 Å². The Kier molecular flexibility index (Phi) is 9.59. The third-order valence-electron chi connectivity index (χ3n) is 2.78. The Morgan fingerprint density at radius 3 is 2.47 bits per heavy atom. The quantitative estimate of drug-likeness (QED) is 0.648. The molecule has 1 amide bonds. The van der Waals surface area contributed by atoms with E-state index in [1.807, 2.05) is 13.2 Å². The van der Waals surface area contributed by atoms with Gasteiger partial charge in [-0.2, -0.15) is 11.8 Å². The van der Waals surface area contributed by atoms with Crippen LogP contribution in [0.3, 0.4) is 0 Å². The van der Waals surface area contributed by atoms with Crippen LogP contribution in [0.25, 0.3) is 0 Å². The standard InChI is InChI=1S/C12H27N3OS/c1-5-15(6-2)9-10(3)14-12(16)11(13)7-8-17-4/h10-11H,5-9,13H2,1-4H3,(H,14,16)/t10?,11-/m1/s1. The number of nitrogens with two attached hydrogens (primary N) is 1. The van der Waals surface area contributed by atoms with Gasteiger partial charge in [-0.05, 0) is 38.4 Å². The van der Waals surface area contributed by atoms with Crippen LogP contribution in [0.2, 0.25) is 0 Å². The number of likely N-dealkylation sites (N-methyl/N-ethyl adjacent to an activating group) is 1. The first-order valence-corrected chi connectivity index (χ1v) is 7.71. The first-order chi connectivity index (χ1) is 8.04. The Balaban J connectivity index is 3.93. The summed E-state index contributed by atoms with van der Waals surface area (Å²) in [4.78, 5) is 14.0. The normalized spacial score (nSPS) is 14.7. The fourth-order valence-corrected chi connectivity index (χ4v) is 2.13. The number of hydrogen-bond acceptors (Lipinski definition) is 4. The zero-order valence-corrected chi connectivity index (χ0v) is 12.3. The molecule has 0 aromatic heterocycles. The van der Waals surface area contributed by atoms with Crippen molar-refractivity contribution in [2.45, 2.75) is 39.3 Å². The Morgan fingerprint density at radius 1 is 1.41 bits per heavy atom. The van der Waals surface area contributed by atoms with Crippen LogP contribution in [0.5, 0.6) is 0 Å². The smallest absolute Gasteiger partial charge is 0.237 e. The highest BCUT2D eigenvalue weighted by Gasteiger charge is 2.16. The molecular weight excluding hydrogens is 234 g/mol. The highest BCUT2D eigenvalue weighted by atomic mass is 32.2. The molecule has 0 aliphatic carbocycles. The van der Waals surface area contributed by atoms with E-state index in [-0.39, 0.29) is 18.0 Å². The second kappa shape index (κ2) is 9.74. The van der Waals surface area contributed by atoms with E-state index in [4.69, 9.17) is 5.73 Å². The van der Waals surface area contributed by atoms with Crippen LogP contribution in [0.4, 0.5) is 0 Å². The van der Waals surface area contributed by atoms with Gasteiger partial charge in [0.1, 0.15) is 0 Å². The third kappa shape index (κ3) is 7.63. The monoisotopic (exact) mass is 261 g/mol. The van der Waals surface area contributed by atoms with Crippen molar-refractivity contribution in [3.05, 3.63) is 0 Å². The number of thioether (sulfide) groups is 1. The van der Waals surface area contributed by atoms with Gasteiger partial charge in [-0.1, -0.05) is 13.8 Å². The molecular formula is C12H27N3OS. The topological polar surface area (TPSA) is 58.4 Å². The molecule has 102 valence electrons. The van der Waals surface area contributed by atoms with Crippen molar-refractivity contribution in [3.8, 4) is 0 Å². The van der Waals surface area contributed by atoms with Gasteiger partial charge in [0.05, 0.1) is 6.04 Å². The molecule has 0 aliphatic heterocycles. The molecule has 0 saturated carbocycles. The van der Waals surface area contributed by atoms with E-state index >= 15 is 0 Å². The molecule has 0 fully saturated rings. The molecule has 0 aliphatic rings. The average Bonchev–Trinajstić information content (AvgIpc) is 2.32. The molecule has 1 unspecified atom stereocenters. The van der Waals surface area contributed by atoms with E-state index in [9.17, 15) is 4.79 Å². The number of nitrogens with one attached hydrogen (secondary N) is 1. The maximum Gasteiger partial charge on any atom is 0.237 e. The van der Waals surface area contributed by atoms with E-state index in [2.05, 4.69) is 24.1 Å². The summed E-state index contributed by atoms with van der Waals surface area (Å²) >= 11 is 1.72. The zero-order chi connectivity index (χ0) is 13.3. The lowest BCUT2D eigenvalue weighted by Gasteiger charge is -2.24. The van der Waals surface area contributed by atoms with Crippen molar-refractivity contribution in [2.75, 3.05) is 31.6 Å². The second-order valence-electron chi connectivity index (χ2n) is 4.28. The summed E-state index contributed by atoms with van der Waals surface area (Å²) in [6, 6.07) is -0.218. The summed E-state index contributed by atoms with van der Waals surface area (Å²) in [7, 11) is 0. The van der Waals surface area contributed by atoms with Crippen LogP contribution >= 0.6 is 11.8 Å². The van der Waals surface area contributed by atoms with E-state index in [1.165, 1.54) is 0 Å². The molecule has 0 rings (SSSR count). The fourth-order valence-electron chi connectivity index (χ4n) is 1.64. The number of amides is 1. The van der Waals surface area contributed by atoms with Gasteiger partial charge in [-0.25, -0.2) is 0 Å². The molecule has 0 heterocycles.